The third-order valence-electron chi connectivity index (χ3n) is 3.01. The highest BCUT2D eigenvalue weighted by molar-refractivity contribution is 5.02. The zero-order valence-corrected chi connectivity index (χ0v) is 9.53. The van der Waals surface area contributed by atoms with E-state index < -0.39 is 0 Å². The Morgan fingerprint density at radius 2 is 2.27 bits per heavy atom. The van der Waals surface area contributed by atoms with E-state index in [1.807, 2.05) is 12.1 Å². The van der Waals surface area contributed by atoms with E-state index in [2.05, 4.69) is 28.9 Å². The van der Waals surface area contributed by atoms with E-state index in [0.717, 1.165) is 18.9 Å². The fraction of sp³-hybridized carbons (Fsp3) is 0.800. The van der Waals surface area contributed by atoms with E-state index in [-0.39, 0.29) is 0 Å². The molecule has 4 N–H and O–H groups in total. The first kappa shape index (κ1) is 10.6. The van der Waals surface area contributed by atoms with E-state index in [1.165, 1.54) is 12.8 Å². The largest absolute Gasteiger partial charge is 0.365 e. The number of rotatable bonds is 2. The molecule has 2 aliphatic rings. The number of hydrazine groups is 1. The van der Waals surface area contributed by atoms with Gasteiger partial charge in [-0.2, -0.15) is 0 Å². The number of hydrogen-bond donors (Lipinski definition) is 3. The molecule has 86 valence electrons. The molecular weight excluding hydrogens is 190 g/mol. The van der Waals surface area contributed by atoms with Crippen LogP contribution in [0.15, 0.2) is 12.0 Å². The zero-order chi connectivity index (χ0) is 10.8. The minimum absolute atomic E-state index is 0.297. The van der Waals surface area contributed by atoms with Crippen LogP contribution in [0.1, 0.15) is 19.3 Å². The van der Waals surface area contributed by atoms with Crippen molar-refractivity contribution in [2.45, 2.75) is 31.3 Å². The predicted octanol–water partition coefficient (Wildman–Crippen LogP) is -0.406. The Bertz CT molecular complexity index is 252. The molecule has 0 radical (unpaired) electrons. The van der Waals surface area contributed by atoms with Crippen molar-refractivity contribution < 1.29 is 0 Å². The average molecular weight is 211 g/mol. The maximum atomic E-state index is 6.02. The molecule has 0 amide bonds. The van der Waals surface area contributed by atoms with Gasteiger partial charge in [-0.15, -0.1) is 0 Å². The number of nitrogens with one attached hydrogen (secondary N) is 2. The van der Waals surface area contributed by atoms with Gasteiger partial charge in [0.25, 0.3) is 0 Å². The molecule has 0 saturated heterocycles. The monoisotopic (exact) mass is 211 g/mol. The summed E-state index contributed by atoms with van der Waals surface area (Å²) in [5, 5.41) is 5.51. The van der Waals surface area contributed by atoms with Gasteiger partial charge in [-0.25, -0.2) is 5.01 Å². The van der Waals surface area contributed by atoms with Crippen LogP contribution in [0.4, 0.5) is 0 Å². The van der Waals surface area contributed by atoms with Gasteiger partial charge in [-0.1, -0.05) is 0 Å². The van der Waals surface area contributed by atoms with Crippen molar-refractivity contribution in [1.29, 1.82) is 0 Å². The Morgan fingerprint density at radius 3 is 2.87 bits per heavy atom. The topological polar surface area (TPSA) is 56.6 Å². The normalized spacial score (nSPS) is 32.5. The van der Waals surface area contributed by atoms with E-state index in [0.29, 0.717) is 12.1 Å². The van der Waals surface area contributed by atoms with E-state index >= 15 is 0 Å². The summed E-state index contributed by atoms with van der Waals surface area (Å²) < 4.78 is 0. The minimum Gasteiger partial charge on any atom is -0.365 e. The van der Waals surface area contributed by atoms with Gasteiger partial charge in [0.05, 0.1) is 6.67 Å². The molecule has 1 aliphatic heterocycles. The highest BCUT2D eigenvalue weighted by Gasteiger charge is 2.25. The number of nitrogens with two attached hydrogens (primary N) is 1. The summed E-state index contributed by atoms with van der Waals surface area (Å²) in [4.78, 5) is 2.14. The summed E-state index contributed by atoms with van der Waals surface area (Å²) in [5.41, 5.74) is 9.30. The van der Waals surface area contributed by atoms with Crippen molar-refractivity contribution in [1.82, 2.24) is 20.7 Å². The van der Waals surface area contributed by atoms with E-state index in [1.54, 1.807) is 0 Å². The molecule has 2 unspecified atom stereocenters. The quantitative estimate of drug-likeness (QED) is 0.580. The van der Waals surface area contributed by atoms with Crippen molar-refractivity contribution in [3.8, 4) is 0 Å². The summed E-state index contributed by atoms with van der Waals surface area (Å²) in [6.45, 7) is 0.891. The van der Waals surface area contributed by atoms with Crippen molar-refractivity contribution >= 4 is 0 Å². The summed E-state index contributed by atoms with van der Waals surface area (Å²) in [6.07, 6.45) is 5.63. The van der Waals surface area contributed by atoms with Gasteiger partial charge < -0.3 is 21.4 Å². The van der Waals surface area contributed by atoms with Gasteiger partial charge in [-0.3, -0.25) is 0 Å². The van der Waals surface area contributed by atoms with Crippen LogP contribution in [0.3, 0.4) is 0 Å². The van der Waals surface area contributed by atoms with Crippen molar-refractivity contribution in [2.75, 3.05) is 20.8 Å². The molecule has 1 fully saturated rings. The molecule has 0 aromatic heterocycles. The molecule has 0 spiro atoms. The summed E-state index contributed by atoms with van der Waals surface area (Å²) in [7, 11) is 4.09. The minimum atomic E-state index is 0.297. The molecule has 15 heavy (non-hydrogen) atoms. The maximum Gasteiger partial charge on any atom is 0.130 e. The molecule has 2 rings (SSSR count). The third-order valence-corrected chi connectivity index (χ3v) is 3.01. The van der Waals surface area contributed by atoms with Crippen LogP contribution in [0, 0.1) is 0 Å². The Labute approximate surface area is 91.3 Å². The molecular formula is C10H21N5. The van der Waals surface area contributed by atoms with Crippen molar-refractivity contribution in [2.24, 2.45) is 5.73 Å². The van der Waals surface area contributed by atoms with Gasteiger partial charge in [0.15, 0.2) is 0 Å². The van der Waals surface area contributed by atoms with Crippen LogP contribution in [0.5, 0.6) is 0 Å². The number of hydrogen-bond acceptors (Lipinski definition) is 5. The highest BCUT2D eigenvalue weighted by Crippen LogP contribution is 2.18. The van der Waals surface area contributed by atoms with Gasteiger partial charge in [-0.05, 0) is 19.3 Å². The average Bonchev–Trinajstić information content (AvgIpc) is 2.50. The molecule has 0 aromatic rings. The molecule has 5 heteroatoms. The standard InChI is InChI=1S/C10H21N5/c1-14-6-10(13-15(2)7-14)12-9-5-3-4-8(9)11/h6,8-9,12-13H,3-5,7,11H2,1-2H3. The van der Waals surface area contributed by atoms with E-state index in [4.69, 9.17) is 5.73 Å². The van der Waals surface area contributed by atoms with Crippen LogP contribution in [0.25, 0.3) is 0 Å². The van der Waals surface area contributed by atoms with Crippen molar-refractivity contribution in [3.05, 3.63) is 12.0 Å². The van der Waals surface area contributed by atoms with Crippen LogP contribution < -0.4 is 16.5 Å². The summed E-state index contributed by atoms with van der Waals surface area (Å²) >= 11 is 0. The van der Waals surface area contributed by atoms with Crippen LogP contribution >= 0.6 is 0 Å². The molecule has 1 aliphatic carbocycles. The Kier molecular flexibility index (Phi) is 3.02. The first-order valence-electron chi connectivity index (χ1n) is 5.57. The van der Waals surface area contributed by atoms with Crippen LogP contribution in [0.2, 0.25) is 0 Å². The second kappa shape index (κ2) is 4.28. The Balaban J connectivity index is 1.93. The lowest BCUT2D eigenvalue weighted by atomic mass is 10.2. The second-order valence-electron chi connectivity index (χ2n) is 4.60. The lowest BCUT2D eigenvalue weighted by Gasteiger charge is -2.34. The Hall–Kier alpha value is -0.940. The molecule has 2 atom stereocenters. The van der Waals surface area contributed by atoms with Gasteiger partial charge in [0.1, 0.15) is 5.82 Å². The molecule has 5 nitrogen and oxygen atoms in total. The van der Waals surface area contributed by atoms with Crippen LogP contribution in [-0.2, 0) is 0 Å². The van der Waals surface area contributed by atoms with E-state index in [9.17, 15) is 0 Å². The van der Waals surface area contributed by atoms with Gasteiger partial charge in [0.2, 0.25) is 0 Å². The number of nitrogens with zero attached hydrogens (tertiary/aromatic N) is 2. The third kappa shape index (κ3) is 2.54. The highest BCUT2D eigenvalue weighted by atomic mass is 15.6. The molecule has 0 bridgehead atoms. The zero-order valence-electron chi connectivity index (χ0n) is 9.53. The first-order valence-corrected chi connectivity index (χ1v) is 5.57. The van der Waals surface area contributed by atoms with Crippen LogP contribution in [-0.4, -0.2) is 42.8 Å². The van der Waals surface area contributed by atoms with Crippen molar-refractivity contribution in [3.63, 3.8) is 0 Å². The lowest BCUT2D eigenvalue weighted by Crippen LogP contribution is -2.51. The fourth-order valence-corrected chi connectivity index (χ4v) is 2.30. The first-order chi connectivity index (χ1) is 7.15. The molecule has 1 heterocycles. The molecule has 0 aromatic carbocycles. The smallest absolute Gasteiger partial charge is 0.130 e. The van der Waals surface area contributed by atoms with Gasteiger partial charge >= 0.3 is 0 Å². The predicted molar refractivity (Wildman–Crippen MR) is 60.4 cm³/mol. The fourth-order valence-electron chi connectivity index (χ4n) is 2.30. The lowest BCUT2D eigenvalue weighted by molar-refractivity contribution is 0.147. The second-order valence-corrected chi connectivity index (χ2v) is 4.60. The molecule has 1 saturated carbocycles. The SMILES string of the molecule is CN1C=C(NC2CCCC2N)NN(C)C1. The summed E-state index contributed by atoms with van der Waals surface area (Å²) in [5.74, 6) is 1.05. The maximum absolute atomic E-state index is 6.02. The van der Waals surface area contributed by atoms with Gasteiger partial charge in [0, 0.05) is 32.4 Å². The summed E-state index contributed by atoms with van der Waals surface area (Å²) in [6, 6.07) is 0.717. The Morgan fingerprint density at radius 1 is 1.47 bits per heavy atom.